The molecule has 3 amide bonds. The van der Waals surface area contributed by atoms with Crippen LogP contribution in [0.25, 0.3) is 0 Å². The van der Waals surface area contributed by atoms with E-state index in [1.165, 1.54) is 4.90 Å². The average Bonchev–Trinajstić information content (AvgIpc) is 3.03. The van der Waals surface area contributed by atoms with Crippen LogP contribution in [0.5, 0.6) is 0 Å². The number of hydrogen-bond donors (Lipinski definition) is 3. The van der Waals surface area contributed by atoms with E-state index in [4.69, 9.17) is 9.39 Å². The third-order valence-electron chi connectivity index (χ3n) is 5.56. The highest BCUT2D eigenvalue weighted by Crippen LogP contribution is 2.31. The van der Waals surface area contributed by atoms with Crippen molar-refractivity contribution >= 4 is 22.3 Å². The number of carbonyl (C=O) groups excluding carboxylic acids is 2. The summed E-state index contributed by atoms with van der Waals surface area (Å²) in [6.07, 6.45) is 4.59. The van der Waals surface area contributed by atoms with E-state index in [1.54, 1.807) is 0 Å². The Morgan fingerprint density at radius 1 is 1.19 bits per heavy atom. The van der Waals surface area contributed by atoms with E-state index in [0.717, 1.165) is 25.7 Å². The van der Waals surface area contributed by atoms with Crippen LogP contribution < -0.4 is 10.8 Å². The van der Waals surface area contributed by atoms with Crippen molar-refractivity contribution in [1.29, 1.82) is 0 Å². The predicted molar refractivity (Wildman–Crippen MR) is 85.6 cm³/mol. The topological polar surface area (TPSA) is 138 Å². The number of fused-ring (bicyclic) bond motifs is 4. The zero-order chi connectivity index (χ0) is 18.5. The Morgan fingerprint density at radius 2 is 1.88 bits per heavy atom. The molecule has 0 radical (unpaired) electrons. The Hall–Kier alpha value is -1.47. The lowest BCUT2D eigenvalue weighted by Gasteiger charge is -2.31. The molecule has 0 spiro atoms. The van der Waals surface area contributed by atoms with Gasteiger partial charge in [-0.3, -0.25) is 14.2 Å². The molecule has 4 atom stereocenters. The molecule has 4 fully saturated rings. The highest BCUT2D eigenvalue weighted by molar-refractivity contribution is 7.80. The zero-order valence-electron chi connectivity index (χ0n) is 14.0. The van der Waals surface area contributed by atoms with Gasteiger partial charge in [0.15, 0.2) is 0 Å². The molecular formula is C14H22N4O7S. The third kappa shape index (κ3) is 3.51. The molecule has 4 bridgehead atoms. The van der Waals surface area contributed by atoms with Crippen molar-refractivity contribution < 1.29 is 31.7 Å². The van der Waals surface area contributed by atoms with Crippen molar-refractivity contribution in [3.63, 3.8) is 0 Å². The highest BCUT2D eigenvalue weighted by Gasteiger charge is 2.49. The van der Waals surface area contributed by atoms with Crippen LogP contribution in [0.1, 0.15) is 38.5 Å². The first-order valence-corrected chi connectivity index (χ1v) is 10.1. The average molecular weight is 390 g/mol. The van der Waals surface area contributed by atoms with Crippen LogP contribution in [-0.2, 0) is 24.3 Å². The smallest absolute Gasteiger partial charge is 0.311 e. The number of carbonyl (C=O) groups is 2. The molecule has 0 aromatic rings. The minimum Gasteiger partial charge on any atom is -0.311 e. The first-order valence-electron chi connectivity index (χ1n) is 8.78. The van der Waals surface area contributed by atoms with Crippen LogP contribution >= 0.6 is 0 Å². The lowest BCUT2D eigenvalue weighted by atomic mass is 10.0. The van der Waals surface area contributed by atoms with E-state index in [9.17, 15) is 18.0 Å². The largest absolute Gasteiger partial charge is 0.418 e. The number of nitrogens with one attached hydrogen (secondary N) is 2. The van der Waals surface area contributed by atoms with Gasteiger partial charge in [0.1, 0.15) is 6.04 Å². The van der Waals surface area contributed by atoms with Crippen molar-refractivity contribution in [1.82, 2.24) is 20.8 Å². The minimum absolute atomic E-state index is 0.0531. The van der Waals surface area contributed by atoms with Crippen LogP contribution in [0.4, 0.5) is 4.79 Å². The second-order valence-corrected chi connectivity index (χ2v) is 8.33. The molecule has 4 rings (SSSR count). The molecule has 3 N–H and O–H groups in total. The predicted octanol–water partition coefficient (Wildman–Crippen LogP) is -0.680. The Labute approximate surface area is 150 Å². The van der Waals surface area contributed by atoms with Crippen molar-refractivity contribution in [2.75, 3.05) is 6.54 Å². The van der Waals surface area contributed by atoms with Gasteiger partial charge in [0, 0.05) is 18.6 Å². The molecule has 0 aromatic carbocycles. The number of piperidine rings is 2. The minimum atomic E-state index is -4.80. The lowest BCUT2D eigenvalue weighted by molar-refractivity contribution is -0.145. The number of hydroxylamine groups is 3. The summed E-state index contributed by atoms with van der Waals surface area (Å²) in [5, 5.41) is 4.11. The van der Waals surface area contributed by atoms with Crippen LogP contribution in [0.2, 0.25) is 0 Å². The van der Waals surface area contributed by atoms with E-state index < -0.39 is 34.4 Å². The van der Waals surface area contributed by atoms with Gasteiger partial charge in [-0.1, -0.05) is 0 Å². The van der Waals surface area contributed by atoms with E-state index in [1.807, 2.05) is 0 Å². The number of amides is 3. The maximum absolute atomic E-state index is 12.5. The summed E-state index contributed by atoms with van der Waals surface area (Å²) in [6, 6.07) is -1.18. The summed E-state index contributed by atoms with van der Waals surface area (Å²) in [7, 11) is -4.80. The molecule has 26 heavy (non-hydrogen) atoms. The molecule has 11 nitrogen and oxygen atoms in total. The molecule has 4 unspecified atom stereocenters. The highest BCUT2D eigenvalue weighted by atomic mass is 32.3. The molecule has 0 aromatic heterocycles. The second kappa shape index (κ2) is 6.60. The van der Waals surface area contributed by atoms with E-state index in [-0.39, 0.29) is 12.6 Å². The van der Waals surface area contributed by atoms with Gasteiger partial charge < -0.3 is 10.2 Å². The van der Waals surface area contributed by atoms with Gasteiger partial charge in [0.05, 0.1) is 12.1 Å². The molecular weight excluding hydrogens is 368 g/mol. The quantitative estimate of drug-likeness (QED) is 0.415. The standard InChI is InChI=1S/C14H22N4O7S/c19-13(16-24-11-5-8-1-2-9(6-11)15-8)12-4-3-10-7-17(12)14(20)18(10)25-26(21,22)23/h8-12,15H,1-7H2,(H,16,19)(H,21,22,23). The number of nitrogens with zero attached hydrogens (tertiary/aromatic N) is 2. The number of urea groups is 1. The fourth-order valence-electron chi connectivity index (χ4n) is 4.41. The summed E-state index contributed by atoms with van der Waals surface area (Å²) >= 11 is 0. The van der Waals surface area contributed by atoms with Crippen LogP contribution in [0.3, 0.4) is 0 Å². The Kier molecular flexibility index (Phi) is 4.55. The van der Waals surface area contributed by atoms with Crippen molar-refractivity contribution in [3.05, 3.63) is 0 Å². The Morgan fingerprint density at radius 3 is 2.54 bits per heavy atom. The van der Waals surface area contributed by atoms with Gasteiger partial charge in [-0.2, -0.15) is 13.5 Å². The first-order chi connectivity index (χ1) is 12.3. The molecule has 146 valence electrons. The molecule has 4 aliphatic rings. The summed E-state index contributed by atoms with van der Waals surface area (Å²) in [6.45, 7) is 0.157. The zero-order valence-corrected chi connectivity index (χ0v) is 14.9. The SMILES string of the molecule is O=C(NOC1CC2CCC(C1)N2)C1CCC2CN1C(=O)N2OS(=O)(=O)O. The maximum atomic E-state index is 12.5. The van der Waals surface area contributed by atoms with Gasteiger partial charge >= 0.3 is 16.4 Å². The van der Waals surface area contributed by atoms with Crippen molar-refractivity contribution in [2.24, 2.45) is 0 Å². The van der Waals surface area contributed by atoms with Gasteiger partial charge in [0.25, 0.3) is 5.91 Å². The Balaban J connectivity index is 1.33. The molecule has 12 heteroatoms. The normalized spacial score (nSPS) is 36.5. The van der Waals surface area contributed by atoms with E-state index >= 15 is 0 Å². The van der Waals surface area contributed by atoms with Crippen LogP contribution in [0, 0.1) is 0 Å². The van der Waals surface area contributed by atoms with Crippen LogP contribution in [0.15, 0.2) is 0 Å². The number of hydrogen-bond acceptors (Lipinski definition) is 7. The fraction of sp³-hybridized carbons (Fsp3) is 0.857. The summed E-state index contributed by atoms with van der Waals surface area (Å²) in [4.78, 5) is 31.6. The van der Waals surface area contributed by atoms with E-state index in [0.29, 0.717) is 30.0 Å². The lowest BCUT2D eigenvalue weighted by Crippen LogP contribution is -2.51. The van der Waals surface area contributed by atoms with Gasteiger partial charge in [0.2, 0.25) is 0 Å². The summed E-state index contributed by atoms with van der Waals surface area (Å²) < 4.78 is 34.9. The second-order valence-electron chi connectivity index (χ2n) is 7.33. The van der Waals surface area contributed by atoms with Gasteiger partial charge in [-0.05, 0) is 38.5 Å². The monoisotopic (exact) mass is 390 g/mol. The Bertz CT molecular complexity index is 689. The third-order valence-corrected chi connectivity index (χ3v) is 5.90. The first kappa shape index (κ1) is 17.9. The number of rotatable bonds is 5. The van der Waals surface area contributed by atoms with Gasteiger partial charge in [-0.15, -0.1) is 4.28 Å². The molecule has 4 saturated heterocycles. The molecule has 4 heterocycles. The molecule has 0 saturated carbocycles. The van der Waals surface area contributed by atoms with Gasteiger partial charge in [-0.25, -0.2) is 10.3 Å². The summed E-state index contributed by atoms with van der Waals surface area (Å²) in [5.41, 5.74) is 2.47. The van der Waals surface area contributed by atoms with E-state index in [2.05, 4.69) is 15.1 Å². The maximum Gasteiger partial charge on any atom is 0.418 e. The molecule has 4 aliphatic heterocycles. The summed E-state index contributed by atoms with van der Waals surface area (Å²) in [5.74, 6) is -0.434. The van der Waals surface area contributed by atoms with Crippen molar-refractivity contribution in [3.8, 4) is 0 Å². The van der Waals surface area contributed by atoms with Crippen molar-refractivity contribution in [2.45, 2.75) is 68.8 Å². The van der Waals surface area contributed by atoms with Crippen LogP contribution in [-0.4, -0.2) is 71.7 Å². The fourth-order valence-corrected chi connectivity index (χ4v) is 4.80. The molecule has 0 aliphatic carbocycles.